The Bertz CT molecular complexity index is 277. The van der Waals surface area contributed by atoms with Gasteiger partial charge in [0.1, 0.15) is 0 Å². The molecule has 0 radical (unpaired) electrons. The number of likely N-dealkylation sites (N-methyl/N-ethyl adjacent to an activating group) is 1. The fourth-order valence-electron chi connectivity index (χ4n) is 3.43. The van der Waals surface area contributed by atoms with Crippen LogP contribution in [0, 0.1) is 0 Å². The number of nitrogens with one attached hydrogen (secondary N) is 1. The van der Waals surface area contributed by atoms with Gasteiger partial charge in [-0.25, -0.2) is 0 Å². The van der Waals surface area contributed by atoms with Crippen molar-refractivity contribution >= 4 is 0 Å². The highest BCUT2D eigenvalue weighted by molar-refractivity contribution is 5.19. The van der Waals surface area contributed by atoms with E-state index in [2.05, 4.69) is 25.4 Å². The second-order valence-corrected chi connectivity index (χ2v) is 5.36. The van der Waals surface area contributed by atoms with Crippen molar-refractivity contribution in [2.75, 3.05) is 26.9 Å². The van der Waals surface area contributed by atoms with Gasteiger partial charge in [0.2, 0.25) is 0 Å². The van der Waals surface area contributed by atoms with Gasteiger partial charge in [-0.2, -0.15) is 0 Å². The standard InChI is InChI=1S/C15H27NO2/c1-3-18-15(9-11-17-12-10-15)14(16-2)13-7-5-4-6-8-13/h7,14,16H,3-6,8-12H2,1-2H3. The second kappa shape index (κ2) is 6.69. The first-order valence-corrected chi connectivity index (χ1v) is 7.40. The summed E-state index contributed by atoms with van der Waals surface area (Å²) in [6.45, 7) is 4.53. The molecule has 0 aromatic carbocycles. The van der Waals surface area contributed by atoms with Gasteiger partial charge in [0.15, 0.2) is 0 Å². The summed E-state index contributed by atoms with van der Waals surface area (Å²) in [7, 11) is 2.07. The van der Waals surface area contributed by atoms with Gasteiger partial charge in [0, 0.05) is 32.7 Å². The highest BCUT2D eigenvalue weighted by atomic mass is 16.5. The SMILES string of the molecule is CCOC1(C(NC)C2=CCCCC2)CCOCC1. The summed E-state index contributed by atoms with van der Waals surface area (Å²) < 4.78 is 11.7. The number of allylic oxidation sites excluding steroid dienone is 1. The molecule has 18 heavy (non-hydrogen) atoms. The van der Waals surface area contributed by atoms with Crippen LogP contribution in [0.1, 0.15) is 45.4 Å². The van der Waals surface area contributed by atoms with Gasteiger partial charge in [-0.1, -0.05) is 11.6 Å². The van der Waals surface area contributed by atoms with E-state index in [4.69, 9.17) is 9.47 Å². The molecule has 1 heterocycles. The number of hydrogen-bond donors (Lipinski definition) is 1. The lowest BCUT2D eigenvalue weighted by Gasteiger charge is -2.44. The minimum Gasteiger partial charge on any atom is -0.381 e. The minimum atomic E-state index is -0.0507. The highest BCUT2D eigenvalue weighted by Crippen LogP contribution is 2.35. The van der Waals surface area contributed by atoms with Crippen LogP contribution in [0.5, 0.6) is 0 Å². The van der Waals surface area contributed by atoms with Crippen molar-refractivity contribution in [3.05, 3.63) is 11.6 Å². The molecule has 3 nitrogen and oxygen atoms in total. The summed E-state index contributed by atoms with van der Waals surface area (Å²) in [4.78, 5) is 0. The van der Waals surface area contributed by atoms with Gasteiger partial charge in [0.25, 0.3) is 0 Å². The minimum absolute atomic E-state index is 0.0507. The fourth-order valence-corrected chi connectivity index (χ4v) is 3.43. The van der Waals surface area contributed by atoms with Crippen LogP contribution in [0.4, 0.5) is 0 Å². The van der Waals surface area contributed by atoms with Gasteiger partial charge < -0.3 is 14.8 Å². The van der Waals surface area contributed by atoms with Crippen LogP contribution in [0.15, 0.2) is 11.6 Å². The van der Waals surface area contributed by atoms with Crippen LogP contribution in [-0.4, -0.2) is 38.5 Å². The molecule has 1 saturated heterocycles. The third kappa shape index (κ3) is 2.95. The van der Waals surface area contributed by atoms with E-state index in [1.165, 1.54) is 25.7 Å². The van der Waals surface area contributed by atoms with Gasteiger partial charge >= 0.3 is 0 Å². The molecule has 1 unspecified atom stereocenters. The molecule has 3 heteroatoms. The van der Waals surface area contributed by atoms with Crippen LogP contribution >= 0.6 is 0 Å². The molecule has 1 atom stereocenters. The van der Waals surface area contributed by atoms with Crippen LogP contribution in [0.3, 0.4) is 0 Å². The van der Waals surface area contributed by atoms with Gasteiger partial charge in [0.05, 0.1) is 11.6 Å². The first-order valence-electron chi connectivity index (χ1n) is 7.40. The number of ether oxygens (including phenoxy) is 2. The molecular formula is C15H27NO2. The molecule has 104 valence electrons. The lowest BCUT2D eigenvalue weighted by Crippen LogP contribution is -2.55. The van der Waals surface area contributed by atoms with E-state index < -0.39 is 0 Å². The zero-order chi connectivity index (χ0) is 12.8. The topological polar surface area (TPSA) is 30.5 Å². The monoisotopic (exact) mass is 253 g/mol. The second-order valence-electron chi connectivity index (χ2n) is 5.36. The van der Waals surface area contributed by atoms with Crippen LogP contribution in [0.2, 0.25) is 0 Å². The molecule has 0 aromatic rings. The molecule has 2 aliphatic rings. The summed E-state index contributed by atoms with van der Waals surface area (Å²) >= 11 is 0. The van der Waals surface area contributed by atoms with E-state index in [1.807, 2.05) is 0 Å². The fraction of sp³-hybridized carbons (Fsp3) is 0.867. The lowest BCUT2D eigenvalue weighted by molar-refractivity contribution is -0.120. The Labute approximate surface area is 111 Å². The molecule has 0 bridgehead atoms. The summed E-state index contributed by atoms with van der Waals surface area (Å²) in [6.07, 6.45) is 9.55. The van der Waals surface area contributed by atoms with Crippen molar-refractivity contribution in [2.24, 2.45) is 0 Å². The van der Waals surface area contributed by atoms with Gasteiger partial charge in [-0.3, -0.25) is 0 Å². The van der Waals surface area contributed by atoms with Crippen molar-refractivity contribution in [1.29, 1.82) is 0 Å². The molecular weight excluding hydrogens is 226 g/mol. The molecule has 0 aromatic heterocycles. The molecule has 1 aliphatic heterocycles. The third-order valence-corrected chi connectivity index (χ3v) is 4.28. The first-order chi connectivity index (χ1) is 8.82. The van der Waals surface area contributed by atoms with E-state index in [-0.39, 0.29) is 5.60 Å². The van der Waals surface area contributed by atoms with E-state index in [9.17, 15) is 0 Å². The van der Waals surface area contributed by atoms with Gasteiger partial charge in [-0.15, -0.1) is 0 Å². The Kier molecular flexibility index (Phi) is 5.22. The quantitative estimate of drug-likeness (QED) is 0.764. The van der Waals surface area contributed by atoms with Crippen LogP contribution in [-0.2, 0) is 9.47 Å². The maximum absolute atomic E-state index is 6.19. The molecule has 1 N–H and O–H groups in total. The van der Waals surface area contributed by atoms with E-state index in [0.717, 1.165) is 32.7 Å². The first kappa shape index (κ1) is 14.0. The highest BCUT2D eigenvalue weighted by Gasteiger charge is 2.42. The van der Waals surface area contributed by atoms with Crippen molar-refractivity contribution in [3.8, 4) is 0 Å². The molecule has 0 amide bonds. The summed E-state index contributed by atoms with van der Waals surface area (Å²) in [5.41, 5.74) is 1.50. The lowest BCUT2D eigenvalue weighted by atomic mass is 9.78. The average Bonchev–Trinajstić information content (AvgIpc) is 2.42. The molecule has 2 rings (SSSR count). The molecule has 1 fully saturated rings. The Balaban J connectivity index is 2.17. The Morgan fingerprint density at radius 2 is 2.17 bits per heavy atom. The molecule has 1 aliphatic carbocycles. The number of rotatable bonds is 5. The van der Waals surface area contributed by atoms with Crippen molar-refractivity contribution < 1.29 is 9.47 Å². The van der Waals surface area contributed by atoms with Gasteiger partial charge in [-0.05, 0) is 39.7 Å². The Morgan fingerprint density at radius 1 is 1.39 bits per heavy atom. The normalized spacial score (nSPS) is 25.6. The van der Waals surface area contributed by atoms with Crippen molar-refractivity contribution in [2.45, 2.75) is 57.1 Å². The molecule has 0 saturated carbocycles. The van der Waals surface area contributed by atoms with E-state index in [1.54, 1.807) is 5.57 Å². The van der Waals surface area contributed by atoms with E-state index in [0.29, 0.717) is 6.04 Å². The predicted octanol–water partition coefficient (Wildman–Crippen LogP) is 2.66. The Morgan fingerprint density at radius 3 is 2.72 bits per heavy atom. The van der Waals surface area contributed by atoms with Crippen molar-refractivity contribution in [1.82, 2.24) is 5.32 Å². The summed E-state index contributed by atoms with van der Waals surface area (Å²) in [6, 6.07) is 0.363. The smallest absolute Gasteiger partial charge is 0.0916 e. The maximum atomic E-state index is 6.19. The third-order valence-electron chi connectivity index (χ3n) is 4.28. The zero-order valence-corrected chi connectivity index (χ0v) is 11.8. The maximum Gasteiger partial charge on any atom is 0.0916 e. The Hall–Kier alpha value is -0.380. The largest absolute Gasteiger partial charge is 0.381 e. The van der Waals surface area contributed by atoms with E-state index >= 15 is 0 Å². The average molecular weight is 253 g/mol. The predicted molar refractivity (Wildman–Crippen MR) is 73.8 cm³/mol. The summed E-state index contributed by atoms with van der Waals surface area (Å²) in [5, 5.41) is 3.52. The molecule has 0 spiro atoms. The summed E-state index contributed by atoms with van der Waals surface area (Å²) in [5.74, 6) is 0. The zero-order valence-electron chi connectivity index (χ0n) is 11.8. The van der Waals surface area contributed by atoms with Crippen LogP contribution < -0.4 is 5.32 Å². The number of hydrogen-bond acceptors (Lipinski definition) is 3. The van der Waals surface area contributed by atoms with Crippen molar-refractivity contribution in [3.63, 3.8) is 0 Å². The van der Waals surface area contributed by atoms with Crippen LogP contribution in [0.25, 0.3) is 0 Å².